The van der Waals surface area contributed by atoms with E-state index in [9.17, 15) is 15.0 Å². The molecule has 28 heavy (non-hydrogen) atoms. The SMILES string of the molecule is COc1cc(C2(c3ccc(O)c(OC)c3)C(=O)Nc3ccccc32)ccc1O. The standard InChI is InChI=1S/C22H19NO5/c1-27-19-11-13(7-9-17(19)24)22(14-8-10-18(25)20(12-14)28-2)15-5-3-4-6-16(15)23-21(22)26/h3-12,24-25H,1-2H3,(H,23,26). The van der Waals surface area contributed by atoms with Crippen LogP contribution >= 0.6 is 0 Å². The average molecular weight is 377 g/mol. The third kappa shape index (κ3) is 2.38. The van der Waals surface area contributed by atoms with E-state index in [-0.39, 0.29) is 28.9 Å². The highest BCUT2D eigenvalue weighted by Gasteiger charge is 2.50. The molecule has 0 saturated heterocycles. The molecule has 142 valence electrons. The maximum atomic E-state index is 13.4. The normalized spacial score (nSPS) is 14.3. The summed E-state index contributed by atoms with van der Waals surface area (Å²) in [7, 11) is 2.91. The van der Waals surface area contributed by atoms with Crippen LogP contribution in [0.15, 0.2) is 60.7 Å². The molecular weight excluding hydrogens is 358 g/mol. The molecule has 1 aliphatic heterocycles. The van der Waals surface area contributed by atoms with Gasteiger partial charge in [-0.1, -0.05) is 30.3 Å². The summed E-state index contributed by atoms with van der Waals surface area (Å²) in [5.41, 5.74) is 1.51. The second kappa shape index (κ2) is 6.49. The van der Waals surface area contributed by atoms with Gasteiger partial charge in [-0.3, -0.25) is 4.79 Å². The molecule has 0 unspecified atom stereocenters. The van der Waals surface area contributed by atoms with Gasteiger partial charge >= 0.3 is 0 Å². The van der Waals surface area contributed by atoms with Gasteiger partial charge in [0.15, 0.2) is 23.0 Å². The van der Waals surface area contributed by atoms with Crippen LogP contribution in [0.25, 0.3) is 0 Å². The number of phenols is 2. The fourth-order valence-corrected chi connectivity index (χ4v) is 3.82. The monoisotopic (exact) mass is 377 g/mol. The molecule has 3 aromatic rings. The van der Waals surface area contributed by atoms with E-state index in [2.05, 4.69) is 5.32 Å². The van der Waals surface area contributed by atoms with Crippen LogP contribution in [0.2, 0.25) is 0 Å². The molecule has 1 aliphatic rings. The molecule has 0 radical (unpaired) electrons. The lowest BCUT2D eigenvalue weighted by atomic mass is 9.70. The number of rotatable bonds is 4. The number of carbonyl (C=O) groups excluding carboxylic acids is 1. The third-order valence-electron chi connectivity index (χ3n) is 5.15. The first-order chi connectivity index (χ1) is 13.5. The maximum absolute atomic E-state index is 13.4. The number of benzene rings is 3. The van der Waals surface area contributed by atoms with Crippen LogP contribution in [-0.2, 0) is 10.2 Å². The van der Waals surface area contributed by atoms with E-state index in [1.54, 1.807) is 24.3 Å². The first-order valence-electron chi connectivity index (χ1n) is 8.68. The molecular formula is C22H19NO5. The maximum Gasteiger partial charge on any atom is 0.244 e. The van der Waals surface area contributed by atoms with Gasteiger partial charge in [-0.15, -0.1) is 0 Å². The third-order valence-corrected chi connectivity index (χ3v) is 5.15. The van der Waals surface area contributed by atoms with Gasteiger partial charge in [-0.25, -0.2) is 0 Å². The molecule has 3 aromatic carbocycles. The van der Waals surface area contributed by atoms with Crippen LogP contribution in [-0.4, -0.2) is 30.3 Å². The number of hydrogen-bond acceptors (Lipinski definition) is 5. The van der Waals surface area contributed by atoms with E-state index in [1.807, 2.05) is 24.3 Å². The van der Waals surface area contributed by atoms with Crippen molar-refractivity contribution in [3.63, 3.8) is 0 Å². The van der Waals surface area contributed by atoms with Crippen LogP contribution in [0.5, 0.6) is 23.0 Å². The second-order valence-corrected chi connectivity index (χ2v) is 6.52. The van der Waals surface area contributed by atoms with Crippen molar-refractivity contribution in [2.75, 3.05) is 19.5 Å². The van der Waals surface area contributed by atoms with Crippen LogP contribution in [0, 0.1) is 0 Å². The van der Waals surface area contributed by atoms with Crippen molar-refractivity contribution < 1.29 is 24.5 Å². The van der Waals surface area contributed by atoms with Gasteiger partial charge in [-0.2, -0.15) is 0 Å². The van der Waals surface area contributed by atoms with Gasteiger partial charge in [0.05, 0.1) is 14.2 Å². The molecule has 1 heterocycles. The highest BCUT2D eigenvalue weighted by atomic mass is 16.5. The Kier molecular flexibility index (Phi) is 4.11. The molecule has 1 amide bonds. The Morgan fingerprint density at radius 2 is 1.36 bits per heavy atom. The number of phenolic OH excluding ortho intramolecular Hbond substituents is 2. The molecule has 0 saturated carbocycles. The molecule has 0 aliphatic carbocycles. The summed E-state index contributed by atoms with van der Waals surface area (Å²) in [6, 6.07) is 17.1. The fraction of sp³-hybridized carbons (Fsp3) is 0.136. The summed E-state index contributed by atoms with van der Waals surface area (Å²) in [5, 5.41) is 23.0. The van der Waals surface area contributed by atoms with Gasteiger partial charge in [-0.05, 0) is 41.5 Å². The predicted molar refractivity (Wildman–Crippen MR) is 104 cm³/mol. The first-order valence-corrected chi connectivity index (χ1v) is 8.68. The van der Waals surface area contributed by atoms with Crippen molar-refractivity contribution >= 4 is 11.6 Å². The second-order valence-electron chi connectivity index (χ2n) is 6.52. The smallest absolute Gasteiger partial charge is 0.244 e. The van der Waals surface area contributed by atoms with Crippen molar-refractivity contribution in [3.8, 4) is 23.0 Å². The lowest BCUT2D eigenvalue weighted by Gasteiger charge is -2.29. The van der Waals surface area contributed by atoms with Crippen molar-refractivity contribution in [2.45, 2.75) is 5.41 Å². The van der Waals surface area contributed by atoms with Crippen LogP contribution in [0.3, 0.4) is 0 Å². The first kappa shape index (κ1) is 17.7. The number of aromatic hydroxyl groups is 2. The number of ether oxygens (including phenoxy) is 2. The number of nitrogens with one attached hydrogen (secondary N) is 1. The van der Waals surface area contributed by atoms with Crippen molar-refractivity contribution in [2.24, 2.45) is 0 Å². The number of amides is 1. The Hall–Kier alpha value is -3.67. The topological polar surface area (TPSA) is 88.0 Å². The zero-order valence-electron chi connectivity index (χ0n) is 15.4. The molecule has 4 rings (SSSR count). The molecule has 6 nitrogen and oxygen atoms in total. The van der Waals surface area contributed by atoms with Crippen LogP contribution in [0.4, 0.5) is 5.69 Å². The lowest BCUT2D eigenvalue weighted by molar-refractivity contribution is -0.118. The average Bonchev–Trinajstić information content (AvgIpc) is 3.01. The zero-order valence-corrected chi connectivity index (χ0v) is 15.4. The Bertz CT molecular complexity index is 1020. The summed E-state index contributed by atoms with van der Waals surface area (Å²) >= 11 is 0. The molecule has 0 spiro atoms. The number of fused-ring (bicyclic) bond motifs is 1. The quantitative estimate of drug-likeness (QED) is 0.649. The Morgan fingerprint density at radius 3 is 1.89 bits per heavy atom. The molecule has 0 bridgehead atoms. The Labute approximate surface area is 162 Å². The van der Waals surface area contributed by atoms with Crippen molar-refractivity contribution in [1.82, 2.24) is 0 Å². The Balaban J connectivity index is 2.08. The molecule has 0 aromatic heterocycles. The highest BCUT2D eigenvalue weighted by molar-refractivity contribution is 6.11. The number of methoxy groups -OCH3 is 2. The van der Waals surface area contributed by atoms with Gasteiger partial charge in [0.1, 0.15) is 5.41 Å². The van der Waals surface area contributed by atoms with Gasteiger partial charge < -0.3 is 25.0 Å². The van der Waals surface area contributed by atoms with Crippen molar-refractivity contribution in [1.29, 1.82) is 0 Å². The van der Waals surface area contributed by atoms with Crippen molar-refractivity contribution in [3.05, 3.63) is 77.4 Å². The fourth-order valence-electron chi connectivity index (χ4n) is 3.82. The largest absolute Gasteiger partial charge is 0.504 e. The van der Waals surface area contributed by atoms with Gasteiger partial charge in [0, 0.05) is 11.3 Å². The van der Waals surface area contributed by atoms with E-state index in [0.717, 1.165) is 5.56 Å². The minimum absolute atomic E-state index is 0.0172. The molecule has 0 atom stereocenters. The van der Waals surface area contributed by atoms with E-state index in [4.69, 9.17) is 9.47 Å². The number of hydrogen-bond donors (Lipinski definition) is 3. The van der Waals surface area contributed by atoms with E-state index < -0.39 is 5.41 Å². The summed E-state index contributed by atoms with van der Waals surface area (Å²) in [5.74, 6) is 0.251. The predicted octanol–water partition coefficient (Wildman–Crippen LogP) is 3.40. The highest BCUT2D eigenvalue weighted by Crippen LogP contribution is 2.50. The lowest BCUT2D eigenvalue weighted by Crippen LogP contribution is -2.37. The minimum Gasteiger partial charge on any atom is -0.504 e. The summed E-state index contributed by atoms with van der Waals surface area (Å²) in [6.45, 7) is 0. The molecule has 0 fully saturated rings. The summed E-state index contributed by atoms with van der Waals surface area (Å²) < 4.78 is 10.5. The summed E-state index contributed by atoms with van der Waals surface area (Å²) in [6.07, 6.45) is 0. The number of para-hydroxylation sites is 1. The Morgan fingerprint density at radius 1 is 0.821 bits per heavy atom. The molecule has 6 heteroatoms. The van der Waals surface area contributed by atoms with Gasteiger partial charge in [0.25, 0.3) is 0 Å². The number of anilines is 1. The van der Waals surface area contributed by atoms with E-state index in [0.29, 0.717) is 16.8 Å². The van der Waals surface area contributed by atoms with Crippen LogP contribution in [0.1, 0.15) is 16.7 Å². The van der Waals surface area contributed by atoms with E-state index >= 15 is 0 Å². The number of carbonyl (C=O) groups is 1. The van der Waals surface area contributed by atoms with Gasteiger partial charge in [0.2, 0.25) is 5.91 Å². The zero-order chi connectivity index (χ0) is 19.9. The molecule has 3 N–H and O–H groups in total. The minimum atomic E-state index is -1.20. The summed E-state index contributed by atoms with van der Waals surface area (Å²) in [4.78, 5) is 13.4. The van der Waals surface area contributed by atoms with Crippen LogP contribution < -0.4 is 14.8 Å². The van der Waals surface area contributed by atoms with E-state index in [1.165, 1.54) is 26.4 Å².